The molecule has 0 radical (unpaired) electrons. The molecule has 118 valence electrons. The highest BCUT2D eigenvalue weighted by atomic mass is 16.6. The number of Topliss-reactive ketones (excluding diaryl/α,β-unsaturated/α-hetero) is 1. The molecule has 0 atom stereocenters. The Bertz CT molecular complexity index is 627. The molecule has 0 aliphatic rings. The summed E-state index contributed by atoms with van der Waals surface area (Å²) in [5.41, 5.74) is -0.109. The number of hydrogen-bond donors (Lipinski definition) is 1. The molecule has 0 saturated heterocycles. The van der Waals surface area contributed by atoms with Gasteiger partial charge in [0, 0.05) is 37.2 Å². The van der Waals surface area contributed by atoms with Crippen molar-refractivity contribution in [2.24, 2.45) is 0 Å². The molecule has 0 spiro atoms. The van der Waals surface area contributed by atoms with Crippen molar-refractivity contribution in [2.45, 2.75) is 20.3 Å². The van der Waals surface area contributed by atoms with Crippen molar-refractivity contribution >= 4 is 23.4 Å². The fourth-order valence-electron chi connectivity index (χ4n) is 1.70. The zero-order chi connectivity index (χ0) is 16.9. The molecule has 1 N–H and O–H groups in total. The fourth-order valence-corrected chi connectivity index (χ4v) is 1.70. The lowest BCUT2D eigenvalue weighted by Gasteiger charge is -2.14. The van der Waals surface area contributed by atoms with Crippen LogP contribution < -0.4 is 5.32 Å². The minimum Gasteiger partial charge on any atom is -0.328 e. The number of nitrogens with zero attached hydrogens (tertiary/aromatic N) is 2. The van der Waals surface area contributed by atoms with Crippen molar-refractivity contribution in [1.82, 2.24) is 10.2 Å². The number of carbonyl (C=O) groups excluding carboxylic acids is 3. The molecule has 8 heteroatoms. The van der Waals surface area contributed by atoms with Crippen LogP contribution in [-0.4, -0.2) is 41.1 Å². The van der Waals surface area contributed by atoms with Crippen molar-refractivity contribution in [3.8, 4) is 0 Å². The molecule has 1 aromatic carbocycles. The Morgan fingerprint density at radius 3 is 2.45 bits per heavy atom. The highest BCUT2D eigenvalue weighted by Crippen LogP contribution is 2.21. The van der Waals surface area contributed by atoms with Crippen LogP contribution in [-0.2, 0) is 11.2 Å². The van der Waals surface area contributed by atoms with E-state index in [-0.39, 0.29) is 29.0 Å². The van der Waals surface area contributed by atoms with Crippen LogP contribution in [0, 0.1) is 10.1 Å². The minimum atomic E-state index is -0.734. The summed E-state index contributed by atoms with van der Waals surface area (Å²) in [6.45, 7) is 3.48. The second-order valence-corrected chi connectivity index (χ2v) is 4.75. The summed E-state index contributed by atoms with van der Waals surface area (Å²) in [5.74, 6) is -0.956. The van der Waals surface area contributed by atoms with Crippen LogP contribution in [0.5, 0.6) is 0 Å². The monoisotopic (exact) mass is 307 g/mol. The number of imide groups is 1. The summed E-state index contributed by atoms with van der Waals surface area (Å²) in [5, 5.41) is 13.2. The van der Waals surface area contributed by atoms with Crippen molar-refractivity contribution in [1.29, 1.82) is 0 Å². The van der Waals surface area contributed by atoms with Gasteiger partial charge in [-0.15, -0.1) is 0 Å². The number of urea groups is 1. The third-order valence-corrected chi connectivity index (χ3v) is 3.03. The highest BCUT2D eigenvalue weighted by molar-refractivity contribution is 6.04. The Hall–Kier alpha value is -2.77. The Balaban J connectivity index is 3.04. The Labute approximate surface area is 127 Å². The van der Waals surface area contributed by atoms with E-state index in [4.69, 9.17) is 0 Å². The summed E-state index contributed by atoms with van der Waals surface area (Å²) in [6.07, 6.45) is -0.0876. The number of nitrogens with one attached hydrogen (secondary N) is 1. The molecule has 0 aromatic heterocycles. The molecule has 0 saturated carbocycles. The number of ketones is 1. The lowest BCUT2D eigenvalue weighted by molar-refractivity contribution is -0.385. The van der Waals surface area contributed by atoms with Crippen LogP contribution in [0.15, 0.2) is 18.2 Å². The van der Waals surface area contributed by atoms with E-state index in [1.165, 1.54) is 31.0 Å². The van der Waals surface area contributed by atoms with Crippen molar-refractivity contribution in [3.05, 3.63) is 39.4 Å². The molecule has 8 nitrogen and oxygen atoms in total. The summed E-state index contributed by atoms with van der Waals surface area (Å²) in [6, 6.07) is 3.16. The van der Waals surface area contributed by atoms with Gasteiger partial charge >= 0.3 is 6.03 Å². The van der Waals surface area contributed by atoms with E-state index in [2.05, 4.69) is 5.32 Å². The maximum absolute atomic E-state index is 11.9. The number of nitro groups is 1. The van der Waals surface area contributed by atoms with Gasteiger partial charge in [-0.05, 0) is 19.9 Å². The third-order valence-electron chi connectivity index (χ3n) is 3.03. The first-order chi connectivity index (χ1) is 10.3. The second-order valence-electron chi connectivity index (χ2n) is 4.75. The summed E-state index contributed by atoms with van der Waals surface area (Å²) < 4.78 is 0. The van der Waals surface area contributed by atoms with Gasteiger partial charge in [0.25, 0.3) is 11.6 Å². The third kappa shape index (κ3) is 4.37. The summed E-state index contributed by atoms with van der Waals surface area (Å²) in [4.78, 5) is 46.3. The predicted octanol–water partition coefficient (Wildman–Crippen LogP) is 1.53. The Morgan fingerprint density at radius 1 is 1.32 bits per heavy atom. The molecular weight excluding hydrogens is 290 g/mol. The normalized spacial score (nSPS) is 9.95. The predicted molar refractivity (Wildman–Crippen MR) is 78.6 cm³/mol. The zero-order valence-corrected chi connectivity index (χ0v) is 12.6. The number of amides is 3. The van der Waals surface area contributed by atoms with Gasteiger partial charge in [-0.2, -0.15) is 0 Å². The second kappa shape index (κ2) is 7.30. The van der Waals surface area contributed by atoms with Crippen molar-refractivity contribution in [3.63, 3.8) is 0 Å². The topological polar surface area (TPSA) is 110 Å². The van der Waals surface area contributed by atoms with Crippen molar-refractivity contribution < 1.29 is 19.3 Å². The maximum Gasteiger partial charge on any atom is 0.324 e. The average molecular weight is 307 g/mol. The van der Waals surface area contributed by atoms with E-state index in [1.807, 2.05) is 0 Å². The molecule has 0 aliphatic carbocycles. The first-order valence-electron chi connectivity index (χ1n) is 6.59. The van der Waals surface area contributed by atoms with E-state index >= 15 is 0 Å². The van der Waals surface area contributed by atoms with Gasteiger partial charge in [0.1, 0.15) is 5.78 Å². The van der Waals surface area contributed by atoms with E-state index in [9.17, 15) is 24.5 Å². The number of rotatable bonds is 5. The smallest absolute Gasteiger partial charge is 0.324 e. The number of nitro benzene ring substituents is 1. The SMILES string of the molecule is CCN(C)C(=O)NC(=O)c1ccc(CC(C)=O)c([N+](=O)[O-])c1. The largest absolute Gasteiger partial charge is 0.328 e. The van der Waals surface area contributed by atoms with E-state index in [0.717, 1.165) is 6.07 Å². The van der Waals surface area contributed by atoms with Gasteiger partial charge in [0.05, 0.1) is 4.92 Å². The molecule has 1 rings (SSSR count). The lowest BCUT2D eigenvalue weighted by atomic mass is 10.0. The summed E-state index contributed by atoms with van der Waals surface area (Å²) >= 11 is 0. The van der Waals surface area contributed by atoms with Crippen LogP contribution in [0.2, 0.25) is 0 Å². The standard InChI is InChI=1S/C14H17N3O5/c1-4-16(3)14(20)15-13(19)11-6-5-10(7-9(2)18)12(8-11)17(21)22/h5-6,8H,4,7H2,1-3H3,(H,15,19,20). The highest BCUT2D eigenvalue weighted by Gasteiger charge is 2.20. The average Bonchev–Trinajstić information content (AvgIpc) is 2.45. The van der Waals surface area contributed by atoms with E-state index < -0.39 is 16.9 Å². The van der Waals surface area contributed by atoms with Crippen molar-refractivity contribution in [2.75, 3.05) is 13.6 Å². The molecule has 0 bridgehead atoms. The number of benzene rings is 1. The van der Waals surface area contributed by atoms with Gasteiger partial charge < -0.3 is 4.90 Å². The quantitative estimate of drug-likeness (QED) is 0.655. The fraction of sp³-hybridized carbons (Fsp3) is 0.357. The van der Waals surface area contributed by atoms with E-state index in [0.29, 0.717) is 6.54 Å². The van der Waals surface area contributed by atoms with Gasteiger partial charge in [0.15, 0.2) is 0 Å². The molecule has 3 amide bonds. The molecule has 0 fully saturated rings. The lowest BCUT2D eigenvalue weighted by Crippen LogP contribution is -2.40. The first kappa shape index (κ1) is 17.3. The minimum absolute atomic E-state index is 0.0168. The molecule has 1 aromatic rings. The molecule has 0 aliphatic heterocycles. The van der Waals surface area contributed by atoms with Gasteiger partial charge in [0.2, 0.25) is 0 Å². The number of carbonyl (C=O) groups is 3. The van der Waals surface area contributed by atoms with Crippen LogP contribution in [0.3, 0.4) is 0 Å². The molecule has 0 heterocycles. The Kier molecular flexibility index (Phi) is 5.73. The van der Waals surface area contributed by atoms with Crippen LogP contribution in [0.1, 0.15) is 29.8 Å². The van der Waals surface area contributed by atoms with Gasteiger partial charge in [-0.1, -0.05) is 6.07 Å². The molecule has 0 unspecified atom stereocenters. The van der Waals surface area contributed by atoms with Gasteiger partial charge in [-0.3, -0.25) is 25.0 Å². The molecular formula is C14H17N3O5. The molecule has 22 heavy (non-hydrogen) atoms. The summed E-state index contributed by atoms with van der Waals surface area (Å²) in [7, 11) is 1.51. The van der Waals surface area contributed by atoms with Gasteiger partial charge in [-0.25, -0.2) is 4.79 Å². The van der Waals surface area contributed by atoms with Crippen LogP contribution >= 0.6 is 0 Å². The Morgan fingerprint density at radius 2 is 1.95 bits per heavy atom. The van der Waals surface area contributed by atoms with Crippen LogP contribution in [0.4, 0.5) is 10.5 Å². The zero-order valence-electron chi connectivity index (χ0n) is 12.6. The maximum atomic E-state index is 11.9. The number of hydrogen-bond acceptors (Lipinski definition) is 5. The van der Waals surface area contributed by atoms with Crippen LogP contribution in [0.25, 0.3) is 0 Å². The first-order valence-corrected chi connectivity index (χ1v) is 6.59. The van der Waals surface area contributed by atoms with E-state index in [1.54, 1.807) is 6.92 Å².